The molecule has 36 heavy (non-hydrogen) atoms. The van der Waals surface area contributed by atoms with Gasteiger partial charge in [0, 0.05) is 23.7 Å². The van der Waals surface area contributed by atoms with Crippen LogP contribution in [0.25, 0.3) is 16.9 Å². The maximum atomic E-state index is 13.7. The van der Waals surface area contributed by atoms with E-state index in [1.54, 1.807) is 34.0 Å². The Kier molecular flexibility index (Phi) is 5.61. The van der Waals surface area contributed by atoms with Gasteiger partial charge in [-0.1, -0.05) is 30.0 Å². The summed E-state index contributed by atoms with van der Waals surface area (Å²) in [4.78, 5) is 16.2. The molecule has 0 radical (unpaired) electrons. The molecule has 0 bridgehead atoms. The molecule has 1 aromatic heterocycles. The highest BCUT2D eigenvalue weighted by atomic mass is 32.2. The number of nitrogens with zero attached hydrogens (tertiary/aromatic N) is 5. The summed E-state index contributed by atoms with van der Waals surface area (Å²) >= 11 is 1.36. The van der Waals surface area contributed by atoms with Crippen molar-refractivity contribution >= 4 is 28.5 Å². The van der Waals surface area contributed by atoms with Crippen molar-refractivity contribution in [3.63, 3.8) is 0 Å². The molecule has 3 aromatic carbocycles. The number of amidine groups is 1. The molecule has 0 saturated heterocycles. The lowest BCUT2D eigenvalue weighted by atomic mass is 9.96. The van der Waals surface area contributed by atoms with Gasteiger partial charge in [0.05, 0.1) is 28.9 Å². The van der Waals surface area contributed by atoms with Gasteiger partial charge in [-0.2, -0.15) is 15.2 Å². The molecule has 6 rings (SSSR count). The zero-order valence-corrected chi connectivity index (χ0v) is 19.8. The van der Waals surface area contributed by atoms with Gasteiger partial charge in [-0.25, -0.2) is 14.1 Å². The maximum absolute atomic E-state index is 13.7. The highest BCUT2D eigenvalue weighted by Gasteiger charge is 2.37. The second kappa shape index (κ2) is 9.09. The van der Waals surface area contributed by atoms with Crippen LogP contribution in [-0.4, -0.2) is 42.4 Å². The summed E-state index contributed by atoms with van der Waals surface area (Å²) in [6.45, 7) is 0. The van der Waals surface area contributed by atoms with Gasteiger partial charge in [-0.05, 0) is 66.2 Å². The Bertz CT molecular complexity index is 1500. The standard InChI is InChI=1S/C27H20FN5O2S/c28-19-10-6-18(7-11-19)26-22(15-32(31-26)20-4-2-1-3-5-20)24-14-23(17-8-12-21(34)13-9-17)30-33(24)27-29-25(35)16-36-27/h1-13,15,24,34H,14,16H2. The van der Waals surface area contributed by atoms with Crippen molar-refractivity contribution in [2.75, 3.05) is 5.75 Å². The fraction of sp³-hybridized carbons (Fsp3) is 0.111. The third-order valence-corrected chi connectivity index (χ3v) is 7.02. The Labute approximate surface area is 210 Å². The first-order chi connectivity index (χ1) is 17.5. The fourth-order valence-electron chi connectivity index (χ4n) is 4.35. The van der Waals surface area contributed by atoms with Crippen molar-refractivity contribution in [2.24, 2.45) is 10.1 Å². The third-order valence-electron chi connectivity index (χ3n) is 6.09. The van der Waals surface area contributed by atoms with E-state index in [4.69, 9.17) is 10.2 Å². The van der Waals surface area contributed by atoms with E-state index in [0.29, 0.717) is 17.3 Å². The highest BCUT2D eigenvalue weighted by Crippen LogP contribution is 2.40. The molecule has 0 aliphatic carbocycles. The van der Waals surface area contributed by atoms with Gasteiger partial charge in [-0.15, -0.1) is 0 Å². The van der Waals surface area contributed by atoms with E-state index in [1.807, 2.05) is 48.7 Å². The Morgan fingerprint density at radius 3 is 2.36 bits per heavy atom. The van der Waals surface area contributed by atoms with Crippen molar-refractivity contribution in [1.29, 1.82) is 0 Å². The van der Waals surface area contributed by atoms with Crippen molar-refractivity contribution in [1.82, 2.24) is 14.8 Å². The number of benzene rings is 3. The number of para-hydroxylation sites is 1. The fourth-order valence-corrected chi connectivity index (χ4v) is 5.13. The second-order valence-electron chi connectivity index (χ2n) is 8.45. The predicted octanol–water partition coefficient (Wildman–Crippen LogP) is 5.16. The Balaban J connectivity index is 1.48. The van der Waals surface area contributed by atoms with Gasteiger partial charge < -0.3 is 5.11 Å². The van der Waals surface area contributed by atoms with E-state index < -0.39 is 0 Å². The molecule has 178 valence electrons. The minimum Gasteiger partial charge on any atom is -0.508 e. The summed E-state index contributed by atoms with van der Waals surface area (Å²) in [5.41, 5.74) is 4.92. The quantitative estimate of drug-likeness (QED) is 0.421. The molecular weight excluding hydrogens is 477 g/mol. The summed E-state index contributed by atoms with van der Waals surface area (Å²) in [7, 11) is 0. The first kappa shape index (κ1) is 22.2. The van der Waals surface area contributed by atoms with Crippen LogP contribution in [0, 0.1) is 5.82 Å². The molecule has 2 aliphatic rings. The molecule has 1 N–H and O–H groups in total. The number of amides is 1. The number of halogens is 1. The molecule has 4 aromatic rings. The molecule has 1 atom stereocenters. The average Bonchev–Trinajstić information content (AvgIpc) is 3.63. The van der Waals surface area contributed by atoms with Gasteiger partial charge >= 0.3 is 0 Å². The first-order valence-electron chi connectivity index (χ1n) is 11.4. The maximum Gasteiger partial charge on any atom is 0.258 e. The van der Waals surface area contributed by atoms with Crippen LogP contribution in [0.15, 0.2) is 95.2 Å². The van der Waals surface area contributed by atoms with Crippen molar-refractivity contribution in [2.45, 2.75) is 12.5 Å². The van der Waals surface area contributed by atoms with Gasteiger partial charge in [-0.3, -0.25) is 4.79 Å². The summed E-state index contributed by atoms with van der Waals surface area (Å²) in [6.07, 6.45) is 2.50. The molecule has 9 heteroatoms. The molecular formula is C27H20FN5O2S. The van der Waals surface area contributed by atoms with E-state index in [9.17, 15) is 14.3 Å². The normalized spacial score (nSPS) is 17.4. The summed E-state index contributed by atoms with van der Waals surface area (Å²) in [5, 5.41) is 21.8. The molecule has 0 saturated carbocycles. The third kappa shape index (κ3) is 4.18. The van der Waals surface area contributed by atoms with Crippen LogP contribution in [0.5, 0.6) is 5.75 Å². The number of phenolic OH excluding ortho intramolecular Hbond substituents is 1. The van der Waals surface area contributed by atoms with E-state index in [2.05, 4.69) is 4.99 Å². The minimum atomic E-state index is -0.321. The predicted molar refractivity (Wildman–Crippen MR) is 138 cm³/mol. The number of phenols is 1. The number of hydrogen-bond donors (Lipinski definition) is 1. The van der Waals surface area contributed by atoms with E-state index in [1.165, 1.54) is 23.9 Å². The largest absolute Gasteiger partial charge is 0.508 e. The molecule has 0 spiro atoms. The summed E-state index contributed by atoms with van der Waals surface area (Å²) in [6, 6.07) is 22.6. The average molecular weight is 498 g/mol. The van der Waals surface area contributed by atoms with Crippen LogP contribution in [0.4, 0.5) is 4.39 Å². The van der Waals surface area contributed by atoms with Crippen LogP contribution >= 0.6 is 11.8 Å². The number of carbonyl (C=O) groups is 1. The van der Waals surface area contributed by atoms with Gasteiger partial charge in [0.15, 0.2) is 5.17 Å². The van der Waals surface area contributed by atoms with Crippen LogP contribution in [-0.2, 0) is 4.79 Å². The van der Waals surface area contributed by atoms with Gasteiger partial charge in [0.25, 0.3) is 5.91 Å². The molecule has 2 aliphatic heterocycles. The van der Waals surface area contributed by atoms with Crippen LogP contribution in [0.3, 0.4) is 0 Å². The van der Waals surface area contributed by atoms with Gasteiger partial charge in [0.1, 0.15) is 11.6 Å². The number of thioether (sulfide) groups is 1. The van der Waals surface area contributed by atoms with Crippen molar-refractivity contribution in [3.8, 4) is 22.7 Å². The minimum absolute atomic E-state index is 0.176. The van der Waals surface area contributed by atoms with Crippen LogP contribution in [0.1, 0.15) is 23.6 Å². The summed E-state index contributed by atoms with van der Waals surface area (Å²) < 4.78 is 15.5. The van der Waals surface area contributed by atoms with Crippen LogP contribution in [0.2, 0.25) is 0 Å². The highest BCUT2D eigenvalue weighted by molar-refractivity contribution is 8.14. The number of rotatable bonds is 4. The molecule has 3 heterocycles. The van der Waals surface area contributed by atoms with Crippen LogP contribution < -0.4 is 0 Å². The zero-order chi connectivity index (χ0) is 24.6. The summed E-state index contributed by atoms with van der Waals surface area (Å²) in [5.74, 6) is -0.0643. The number of aromatic hydroxyl groups is 1. The number of aromatic nitrogens is 2. The topological polar surface area (TPSA) is 83.1 Å². The lowest BCUT2D eigenvalue weighted by Gasteiger charge is -2.22. The van der Waals surface area contributed by atoms with E-state index in [0.717, 1.165) is 28.1 Å². The molecule has 7 nitrogen and oxygen atoms in total. The molecule has 1 amide bonds. The van der Waals surface area contributed by atoms with E-state index in [-0.39, 0.29) is 29.3 Å². The molecule has 1 unspecified atom stereocenters. The SMILES string of the molecule is O=C1CSC(N2N=C(c3ccc(O)cc3)CC2c2cn(-c3ccccc3)nc2-c2ccc(F)cc2)=N1. The number of hydrazone groups is 1. The van der Waals surface area contributed by atoms with Crippen molar-refractivity contribution in [3.05, 3.63) is 102 Å². The smallest absolute Gasteiger partial charge is 0.258 e. The zero-order valence-electron chi connectivity index (χ0n) is 19.0. The first-order valence-corrected chi connectivity index (χ1v) is 12.3. The Morgan fingerprint density at radius 2 is 1.67 bits per heavy atom. The van der Waals surface area contributed by atoms with E-state index >= 15 is 0 Å². The molecule has 0 fully saturated rings. The second-order valence-corrected chi connectivity index (χ2v) is 9.40. The number of aliphatic imine (C=N–C) groups is 1. The number of carbonyl (C=O) groups excluding carboxylic acids is 1. The number of hydrogen-bond acceptors (Lipinski definition) is 6. The Hall–Kier alpha value is -4.24. The lowest BCUT2D eigenvalue weighted by molar-refractivity contribution is -0.115. The monoisotopic (exact) mass is 497 g/mol. The lowest BCUT2D eigenvalue weighted by Crippen LogP contribution is -2.24. The van der Waals surface area contributed by atoms with Gasteiger partial charge in [0.2, 0.25) is 0 Å². The Morgan fingerprint density at radius 1 is 0.944 bits per heavy atom. The van der Waals surface area contributed by atoms with Crippen molar-refractivity contribution < 1.29 is 14.3 Å².